The predicted octanol–water partition coefficient (Wildman–Crippen LogP) is 5.03. The summed E-state index contributed by atoms with van der Waals surface area (Å²) < 4.78 is 43.2. The van der Waals surface area contributed by atoms with Crippen LogP contribution in [0.5, 0.6) is 5.75 Å². The van der Waals surface area contributed by atoms with Gasteiger partial charge in [-0.15, -0.1) is 25.6 Å². The van der Waals surface area contributed by atoms with Crippen LogP contribution in [0.4, 0.5) is 13.2 Å². The van der Waals surface area contributed by atoms with Gasteiger partial charge in [0.15, 0.2) is 4.80 Å². The summed E-state index contributed by atoms with van der Waals surface area (Å²) in [5.74, 6) is 0.588. The number of hydrogen-bond donors (Lipinski definition) is 1. The van der Waals surface area contributed by atoms with Crippen LogP contribution in [0.3, 0.4) is 0 Å². The Hall–Kier alpha value is -0.860. The number of aromatic nitrogens is 1. The van der Waals surface area contributed by atoms with Gasteiger partial charge in [0, 0.05) is 17.0 Å². The summed E-state index contributed by atoms with van der Waals surface area (Å²) in [5.41, 5.74) is 0.763. The molecule has 0 aliphatic carbocycles. The number of thiazole rings is 1. The molecule has 0 unspecified atom stereocenters. The Labute approximate surface area is 146 Å². The van der Waals surface area contributed by atoms with Crippen molar-refractivity contribution >= 4 is 45.7 Å². The third-order valence-corrected chi connectivity index (χ3v) is 4.97. The molecule has 0 spiro atoms. The first-order valence-electron chi connectivity index (χ1n) is 6.63. The summed E-state index contributed by atoms with van der Waals surface area (Å²) in [4.78, 5) is 0.327. The third-order valence-electron chi connectivity index (χ3n) is 2.76. The number of halogens is 4. The molecule has 0 saturated carbocycles. The Bertz CT molecular complexity index is 719. The molecule has 3 nitrogen and oxygen atoms in total. The number of benzene rings is 1. The molecule has 0 amide bonds. The van der Waals surface area contributed by atoms with E-state index in [-0.39, 0.29) is 22.9 Å². The van der Waals surface area contributed by atoms with Gasteiger partial charge in [0.05, 0.1) is 10.2 Å². The van der Waals surface area contributed by atoms with Crippen molar-refractivity contribution in [3.63, 3.8) is 0 Å². The molecular weight excluding hydrogens is 369 g/mol. The molecule has 0 radical (unpaired) electrons. The van der Waals surface area contributed by atoms with E-state index in [1.54, 1.807) is 17.8 Å². The first kappa shape index (κ1) is 20.2. The van der Waals surface area contributed by atoms with Gasteiger partial charge in [-0.25, -0.2) is 0 Å². The number of ether oxygens (including phenoxy) is 1. The average molecular weight is 387 g/mol. The van der Waals surface area contributed by atoms with Crippen LogP contribution in [0.25, 0.3) is 10.2 Å². The van der Waals surface area contributed by atoms with E-state index in [9.17, 15) is 13.2 Å². The number of thioether (sulfide) groups is 1. The minimum Gasteiger partial charge on any atom is -0.406 e. The smallest absolute Gasteiger partial charge is 0.406 e. The monoisotopic (exact) mass is 386 g/mol. The minimum atomic E-state index is -4.70. The van der Waals surface area contributed by atoms with Crippen LogP contribution in [0.2, 0.25) is 0 Å². The van der Waals surface area contributed by atoms with E-state index in [1.165, 1.54) is 12.1 Å². The zero-order valence-electron chi connectivity index (χ0n) is 12.9. The van der Waals surface area contributed by atoms with Crippen LogP contribution in [0.15, 0.2) is 18.2 Å². The average Bonchev–Trinajstić information content (AvgIpc) is 2.61. The van der Waals surface area contributed by atoms with Gasteiger partial charge < -0.3 is 9.30 Å². The maximum atomic E-state index is 12.2. The molecule has 9 heteroatoms. The van der Waals surface area contributed by atoms with Gasteiger partial charge in [-0.3, -0.25) is 5.41 Å². The van der Waals surface area contributed by atoms with Gasteiger partial charge in [-0.05, 0) is 18.2 Å². The van der Waals surface area contributed by atoms with Crippen molar-refractivity contribution in [2.24, 2.45) is 0 Å². The predicted molar refractivity (Wildman–Crippen MR) is 91.8 cm³/mol. The Balaban J connectivity index is 0.00000264. The maximum Gasteiger partial charge on any atom is 0.573 e. The Morgan fingerprint density at radius 2 is 1.91 bits per heavy atom. The fourth-order valence-electron chi connectivity index (χ4n) is 1.93. The van der Waals surface area contributed by atoms with Crippen LogP contribution < -0.4 is 9.54 Å². The van der Waals surface area contributed by atoms with Gasteiger partial charge >= 0.3 is 6.36 Å². The highest BCUT2D eigenvalue weighted by atomic mass is 35.5. The lowest BCUT2D eigenvalue weighted by Gasteiger charge is -2.17. The molecular formula is C14H18ClF3N2OS2. The number of nitrogens with one attached hydrogen (secondary N) is 1. The molecule has 2 aromatic rings. The van der Waals surface area contributed by atoms with Crippen molar-refractivity contribution in [1.29, 1.82) is 5.41 Å². The molecule has 23 heavy (non-hydrogen) atoms. The second-order valence-electron chi connectivity index (χ2n) is 5.70. The fourth-order valence-corrected chi connectivity index (χ4v) is 3.78. The van der Waals surface area contributed by atoms with E-state index < -0.39 is 6.36 Å². The molecule has 0 fully saturated rings. The lowest BCUT2D eigenvalue weighted by atomic mass is 10.3. The number of rotatable bonds is 4. The first-order valence-corrected chi connectivity index (χ1v) is 8.43. The largest absolute Gasteiger partial charge is 0.573 e. The molecule has 1 aromatic carbocycles. The van der Waals surface area contributed by atoms with E-state index in [0.717, 1.165) is 22.6 Å². The fraction of sp³-hybridized carbons (Fsp3) is 0.500. The van der Waals surface area contributed by atoms with Crippen molar-refractivity contribution in [1.82, 2.24) is 4.57 Å². The summed E-state index contributed by atoms with van der Waals surface area (Å²) >= 11 is 2.94. The van der Waals surface area contributed by atoms with Gasteiger partial charge in [0.2, 0.25) is 0 Å². The Kier molecular flexibility index (Phi) is 6.46. The quantitative estimate of drug-likeness (QED) is 0.799. The van der Waals surface area contributed by atoms with Gasteiger partial charge in [-0.2, -0.15) is 11.8 Å². The molecule has 1 aromatic heterocycles. The van der Waals surface area contributed by atoms with Crippen molar-refractivity contribution in [3.05, 3.63) is 23.0 Å². The molecule has 0 aliphatic rings. The van der Waals surface area contributed by atoms with Crippen molar-refractivity contribution in [2.75, 3.05) is 5.75 Å². The van der Waals surface area contributed by atoms with Crippen LogP contribution in [-0.2, 0) is 6.54 Å². The highest BCUT2D eigenvalue weighted by Crippen LogP contribution is 2.28. The standard InChI is InChI=1S/C14H17F3N2OS2.ClH/c1-13(2,3)21-7-6-19-10-5-4-9(20-14(15,16)17)8-11(10)22-12(19)18;/h4-5,8,18H,6-7H2,1-3H3;1H. The van der Waals surface area contributed by atoms with E-state index in [2.05, 4.69) is 25.5 Å². The van der Waals surface area contributed by atoms with Crippen LogP contribution in [-0.4, -0.2) is 21.4 Å². The van der Waals surface area contributed by atoms with Gasteiger partial charge in [-0.1, -0.05) is 32.1 Å². The summed E-state index contributed by atoms with van der Waals surface area (Å²) in [6.45, 7) is 7.02. The lowest BCUT2D eigenvalue weighted by Crippen LogP contribution is -2.17. The molecule has 1 N–H and O–H groups in total. The van der Waals surface area contributed by atoms with Crippen molar-refractivity contribution in [3.8, 4) is 5.75 Å². The lowest BCUT2D eigenvalue weighted by molar-refractivity contribution is -0.274. The highest BCUT2D eigenvalue weighted by molar-refractivity contribution is 8.00. The van der Waals surface area contributed by atoms with Crippen molar-refractivity contribution in [2.45, 2.75) is 38.4 Å². The Morgan fingerprint density at radius 1 is 1.26 bits per heavy atom. The molecule has 1 heterocycles. The second-order valence-corrected chi connectivity index (χ2v) is 8.65. The first-order chi connectivity index (χ1) is 10.1. The zero-order chi connectivity index (χ0) is 16.5. The molecule has 130 valence electrons. The van der Waals surface area contributed by atoms with E-state index in [1.807, 2.05) is 4.57 Å². The molecule has 0 atom stereocenters. The van der Waals surface area contributed by atoms with Crippen molar-refractivity contribution < 1.29 is 17.9 Å². The number of hydrogen-bond acceptors (Lipinski definition) is 4. The van der Waals surface area contributed by atoms with Gasteiger partial charge in [0.1, 0.15) is 5.75 Å². The highest BCUT2D eigenvalue weighted by Gasteiger charge is 2.31. The molecule has 0 aliphatic heterocycles. The second kappa shape index (κ2) is 7.36. The summed E-state index contributed by atoms with van der Waals surface area (Å²) in [6, 6.07) is 4.20. The van der Waals surface area contributed by atoms with E-state index in [4.69, 9.17) is 5.41 Å². The SMILES string of the molecule is CC(C)(C)SCCn1c(=N)sc2cc(OC(F)(F)F)ccc21.Cl. The summed E-state index contributed by atoms with van der Waals surface area (Å²) in [5, 5.41) is 7.99. The van der Waals surface area contributed by atoms with E-state index >= 15 is 0 Å². The van der Waals surface area contributed by atoms with Crippen LogP contribution >= 0.6 is 35.5 Å². The number of aryl methyl sites for hydroxylation is 1. The third kappa shape index (κ3) is 5.93. The van der Waals surface area contributed by atoms with Crippen LogP contribution in [0, 0.1) is 5.41 Å². The topological polar surface area (TPSA) is 38.0 Å². The number of alkyl halides is 3. The van der Waals surface area contributed by atoms with Crippen LogP contribution in [0.1, 0.15) is 20.8 Å². The van der Waals surface area contributed by atoms with Gasteiger partial charge in [0.25, 0.3) is 0 Å². The number of fused-ring (bicyclic) bond motifs is 1. The molecule has 0 bridgehead atoms. The molecule has 0 saturated heterocycles. The summed E-state index contributed by atoms with van der Waals surface area (Å²) in [6.07, 6.45) is -4.70. The molecule has 2 rings (SSSR count). The minimum absolute atomic E-state index is 0. The maximum absolute atomic E-state index is 12.2. The number of nitrogens with zero attached hydrogens (tertiary/aromatic N) is 1. The Morgan fingerprint density at radius 3 is 2.48 bits per heavy atom. The normalized spacial score (nSPS) is 12.3. The zero-order valence-corrected chi connectivity index (χ0v) is 15.3. The summed E-state index contributed by atoms with van der Waals surface area (Å²) in [7, 11) is 0. The van der Waals surface area contributed by atoms with E-state index in [0.29, 0.717) is 16.0 Å².